The molecule has 0 unspecified atom stereocenters. The molecule has 19 heavy (non-hydrogen) atoms. The fraction of sp³-hybridized carbons (Fsp3) is 0.375. The van der Waals surface area contributed by atoms with Gasteiger partial charge in [-0.3, -0.25) is 0 Å². The summed E-state index contributed by atoms with van der Waals surface area (Å²) in [7, 11) is 0. The Bertz CT molecular complexity index is 495. The molecule has 1 aromatic carbocycles. The van der Waals surface area contributed by atoms with Crippen LogP contribution in [0.2, 0.25) is 0 Å². The topological polar surface area (TPSA) is 29.0 Å². The maximum atomic E-state index is 3.47. The van der Waals surface area contributed by atoms with Gasteiger partial charge in [-0.1, -0.05) is 6.07 Å². The van der Waals surface area contributed by atoms with Crippen LogP contribution in [0.1, 0.15) is 20.8 Å². The maximum absolute atomic E-state index is 3.47. The van der Waals surface area contributed by atoms with Gasteiger partial charge in [-0.2, -0.15) is 0 Å². The van der Waals surface area contributed by atoms with Crippen LogP contribution in [0, 0.1) is 0 Å². The molecule has 0 saturated carbocycles. The van der Waals surface area contributed by atoms with E-state index in [4.69, 9.17) is 0 Å². The number of anilines is 1. The normalized spacial score (nSPS) is 11.5. The summed E-state index contributed by atoms with van der Waals surface area (Å²) in [6, 6.07) is 12.5. The molecule has 102 valence electrons. The fourth-order valence-electron chi connectivity index (χ4n) is 1.93. The first-order chi connectivity index (χ1) is 9.04. The molecule has 0 saturated heterocycles. The molecule has 0 fully saturated rings. The van der Waals surface area contributed by atoms with E-state index < -0.39 is 0 Å². The summed E-state index contributed by atoms with van der Waals surface area (Å²) in [5.41, 5.74) is 2.51. The second-order valence-corrected chi connectivity index (χ2v) is 5.74. The number of aromatic nitrogens is 1. The molecule has 1 heterocycles. The smallest absolute Gasteiger partial charge is 0.0469 e. The molecular weight excluding hydrogens is 234 g/mol. The van der Waals surface area contributed by atoms with Crippen molar-refractivity contribution in [1.29, 1.82) is 0 Å². The minimum absolute atomic E-state index is 0.175. The first-order valence-corrected chi connectivity index (χ1v) is 6.77. The van der Waals surface area contributed by atoms with E-state index in [0.29, 0.717) is 0 Å². The molecule has 0 aliphatic heterocycles. The summed E-state index contributed by atoms with van der Waals surface area (Å²) >= 11 is 0. The summed E-state index contributed by atoms with van der Waals surface area (Å²) in [5.74, 6) is 0. The highest BCUT2D eigenvalue weighted by atomic mass is 15.0. The molecule has 0 bridgehead atoms. The Kier molecular flexibility index (Phi) is 4.27. The first-order valence-electron chi connectivity index (χ1n) is 6.77. The number of benzene rings is 1. The van der Waals surface area contributed by atoms with Crippen molar-refractivity contribution >= 4 is 5.69 Å². The van der Waals surface area contributed by atoms with Gasteiger partial charge in [-0.05, 0) is 51.1 Å². The van der Waals surface area contributed by atoms with Crippen LogP contribution in [0.15, 0.2) is 48.8 Å². The third-order valence-corrected chi connectivity index (χ3v) is 2.86. The quantitative estimate of drug-likeness (QED) is 0.805. The van der Waals surface area contributed by atoms with E-state index in [9.17, 15) is 0 Å². The van der Waals surface area contributed by atoms with Crippen molar-refractivity contribution in [2.24, 2.45) is 0 Å². The Balaban J connectivity index is 1.89. The molecule has 0 aliphatic carbocycles. The minimum atomic E-state index is 0.175. The molecule has 0 spiro atoms. The van der Waals surface area contributed by atoms with E-state index in [2.05, 4.69) is 72.6 Å². The van der Waals surface area contributed by atoms with E-state index in [1.165, 1.54) is 5.69 Å². The van der Waals surface area contributed by atoms with Gasteiger partial charge in [0.1, 0.15) is 0 Å². The summed E-state index contributed by atoms with van der Waals surface area (Å²) in [4.78, 5) is 0. The largest absolute Gasteiger partial charge is 0.384 e. The maximum Gasteiger partial charge on any atom is 0.0469 e. The van der Waals surface area contributed by atoms with Crippen LogP contribution < -0.4 is 10.6 Å². The van der Waals surface area contributed by atoms with E-state index in [0.717, 1.165) is 18.8 Å². The predicted molar refractivity (Wildman–Crippen MR) is 82.0 cm³/mol. The summed E-state index contributed by atoms with van der Waals surface area (Å²) in [5, 5.41) is 6.91. The van der Waals surface area contributed by atoms with Crippen LogP contribution >= 0.6 is 0 Å². The van der Waals surface area contributed by atoms with E-state index in [1.807, 2.05) is 12.1 Å². The van der Waals surface area contributed by atoms with E-state index >= 15 is 0 Å². The monoisotopic (exact) mass is 257 g/mol. The van der Waals surface area contributed by atoms with Crippen molar-refractivity contribution in [2.45, 2.75) is 26.3 Å². The number of rotatable bonds is 5. The molecule has 0 atom stereocenters. The molecule has 0 aliphatic rings. The Labute approximate surface area is 115 Å². The Morgan fingerprint density at radius 1 is 1.00 bits per heavy atom. The molecule has 0 radical (unpaired) electrons. The van der Waals surface area contributed by atoms with E-state index in [-0.39, 0.29) is 5.54 Å². The number of nitrogens with zero attached hydrogens (tertiary/aromatic N) is 1. The zero-order chi connectivity index (χ0) is 13.7. The zero-order valence-electron chi connectivity index (χ0n) is 12.0. The summed E-state index contributed by atoms with van der Waals surface area (Å²) in [6.07, 6.45) is 4.11. The molecule has 2 rings (SSSR count). The van der Waals surface area contributed by atoms with Gasteiger partial charge < -0.3 is 15.2 Å². The highest BCUT2D eigenvalue weighted by Crippen LogP contribution is 2.14. The van der Waals surface area contributed by atoms with Gasteiger partial charge in [0.15, 0.2) is 0 Å². The molecule has 0 amide bonds. The van der Waals surface area contributed by atoms with Crippen LogP contribution in [0.3, 0.4) is 0 Å². The summed E-state index contributed by atoms with van der Waals surface area (Å²) in [6.45, 7) is 8.42. The Morgan fingerprint density at radius 2 is 1.74 bits per heavy atom. The SMILES string of the molecule is CC(C)(C)NCCNc1cccc(-n2cccc2)c1. The second kappa shape index (κ2) is 5.93. The predicted octanol–water partition coefficient (Wildman–Crippen LogP) is 3.28. The van der Waals surface area contributed by atoms with Crippen LogP contribution in [0.4, 0.5) is 5.69 Å². The lowest BCUT2D eigenvalue weighted by atomic mass is 10.1. The first kappa shape index (κ1) is 13.7. The average molecular weight is 257 g/mol. The molecular formula is C16H23N3. The zero-order valence-corrected chi connectivity index (χ0v) is 12.0. The van der Waals surface area contributed by atoms with Crippen LogP contribution in [-0.4, -0.2) is 23.2 Å². The lowest BCUT2D eigenvalue weighted by molar-refractivity contribution is 0.435. The van der Waals surface area contributed by atoms with Crippen molar-refractivity contribution in [3.05, 3.63) is 48.8 Å². The van der Waals surface area contributed by atoms with Gasteiger partial charge >= 0.3 is 0 Å². The van der Waals surface area contributed by atoms with Gasteiger partial charge in [0.05, 0.1) is 0 Å². The Hall–Kier alpha value is -1.74. The van der Waals surface area contributed by atoms with Gasteiger partial charge in [0.25, 0.3) is 0 Å². The second-order valence-electron chi connectivity index (χ2n) is 5.74. The third kappa shape index (κ3) is 4.45. The van der Waals surface area contributed by atoms with Crippen molar-refractivity contribution in [1.82, 2.24) is 9.88 Å². The van der Waals surface area contributed by atoms with Gasteiger partial charge in [-0.15, -0.1) is 0 Å². The molecule has 2 aromatic rings. The standard InChI is InChI=1S/C16H23N3/c1-16(2,3)18-10-9-17-14-7-6-8-15(13-14)19-11-4-5-12-19/h4-8,11-13,17-18H,9-10H2,1-3H3. The lowest BCUT2D eigenvalue weighted by Gasteiger charge is -2.20. The van der Waals surface area contributed by atoms with Crippen LogP contribution in [-0.2, 0) is 0 Å². The average Bonchev–Trinajstić information content (AvgIpc) is 2.88. The van der Waals surface area contributed by atoms with Crippen LogP contribution in [0.5, 0.6) is 0 Å². The Morgan fingerprint density at radius 3 is 2.42 bits per heavy atom. The molecule has 3 nitrogen and oxygen atoms in total. The van der Waals surface area contributed by atoms with Crippen molar-refractivity contribution in [3.8, 4) is 5.69 Å². The molecule has 1 aromatic heterocycles. The third-order valence-electron chi connectivity index (χ3n) is 2.86. The van der Waals surface area contributed by atoms with Gasteiger partial charge in [-0.25, -0.2) is 0 Å². The van der Waals surface area contributed by atoms with Crippen molar-refractivity contribution < 1.29 is 0 Å². The highest BCUT2D eigenvalue weighted by Gasteiger charge is 2.06. The molecule has 3 heteroatoms. The number of hydrogen-bond donors (Lipinski definition) is 2. The highest BCUT2D eigenvalue weighted by molar-refractivity contribution is 5.51. The fourth-order valence-corrected chi connectivity index (χ4v) is 1.93. The summed E-state index contributed by atoms with van der Waals surface area (Å²) < 4.78 is 2.11. The van der Waals surface area contributed by atoms with Gasteiger partial charge in [0, 0.05) is 42.4 Å². The minimum Gasteiger partial charge on any atom is -0.384 e. The van der Waals surface area contributed by atoms with Crippen molar-refractivity contribution in [2.75, 3.05) is 18.4 Å². The van der Waals surface area contributed by atoms with Crippen LogP contribution in [0.25, 0.3) is 5.69 Å². The lowest BCUT2D eigenvalue weighted by Crippen LogP contribution is -2.38. The molecule has 2 N–H and O–H groups in total. The van der Waals surface area contributed by atoms with Crippen molar-refractivity contribution in [3.63, 3.8) is 0 Å². The number of hydrogen-bond acceptors (Lipinski definition) is 2. The number of nitrogens with one attached hydrogen (secondary N) is 2. The van der Waals surface area contributed by atoms with Gasteiger partial charge in [0.2, 0.25) is 0 Å². The van der Waals surface area contributed by atoms with E-state index in [1.54, 1.807) is 0 Å².